The van der Waals surface area contributed by atoms with Crippen LogP contribution in [-0.4, -0.2) is 40.1 Å². The molecule has 0 saturated heterocycles. The number of carbonyl (C=O) groups excluding carboxylic acids is 1. The van der Waals surface area contributed by atoms with E-state index in [9.17, 15) is 9.18 Å². The lowest BCUT2D eigenvalue weighted by Crippen LogP contribution is -2.27. The Morgan fingerprint density at radius 3 is 2.80 bits per heavy atom. The summed E-state index contributed by atoms with van der Waals surface area (Å²) in [5.41, 5.74) is 4.08. The Kier molecular flexibility index (Phi) is 5.56. The van der Waals surface area contributed by atoms with Crippen molar-refractivity contribution < 1.29 is 9.18 Å². The first-order chi connectivity index (χ1) is 17.1. The number of carbonyl (C=O) groups is 1. The quantitative estimate of drug-likeness (QED) is 0.393. The number of hydrogen-bond donors (Lipinski definition) is 4. The Bertz CT molecular complexity index is 1270. The molecule has 1 aromatic carbocycles. The first-order valence-electron chi connectivity index (χ1n) is 12.2. The number of fused-ring (bicyclic) bond motifs is 1. The van der Waals surface area contributed by atoms with Gasteiger partial charge in [0, 0.05) is 29.9 Å². The van der Waals surface area contributed by atoms with E-state index >= 15 is 0 Å². The van der Waals surface area contributed by atoms with Crippen molar-refractivity contribution in [3.05, 3.63) is 65.0 Å². The van der Waals surface area contributed by atoms with Crippen LogP contribution in [0.2, 0.25) is 0 Å². The molecule has 2 aliphatic carbocycles. The van der Waals surface area contributed by atoms with Crippen LogP contribution in [-0.2, 0) is 18.4 Å². The Morgan fingerprint density at radius 2 is 2.00 bits per heavy atom. The third-order valence-corrected chi connectivity index (χ3v) is 6.94. The molecule has 0 radical (unpaired) electrons. The van der Waals surface area contributed by atoms with Gasteiger partial charge in [0.2, 0.25) is 5.95 Å². The number of nitrogens with zero attached hydrogens (tertiary/aromatic N) is 3. The zero-order chi connectivity index (χ0) is 23.8. The highest BCUT2D eigenvalue weighted by molar-refractivity contribution is 5.99. The summed E-state index contributed by atoms with van der Waals surface area (Å²) in [6.07, 6.45) is 6.11. The van der Waals surface area contributed by atoms with Gasteiger partial charge in [-0.15, -0.1) is 0 Å². The fourth-order valence-electron chi connectivity index (χ4n) is 4.41. The molecular weight excluding hydrogens is 445 g/mol. The fraction of sp³-hybridized carbons (Fsp3) is 0.385. The number of rotatable bonds is 8. The number of alkyl halides is 1. The Balaban J connectivity index is 1.29. The van der Waals surface area contributed by atoms with E-state index in [4.69, 9.17) is 0 Å². The van der Waals surface area contributed by atoms with Gasteiger partial charge in [0.15, 0.2) is 0 Å². The van der Waals surface area contributed by atoms with Crippen LogP contribution < -0.4 is 21.3 Å². The van der Waals surface area contributed by atoms with Crippen molar-refractivity contribution in [3.63, 3.8) is 0 Å². The summed E-state index contributed by atoms with van der Waals surface area (Å²) >= 11 is 0. The summed E-state index contributed by atoms with van der Waals surface area (Å²) in [4.78, 5) is 26.6. The molecule has 3 heterocycles. The zero-order valence-corrected chi connectivity index (χ0v) is 19.4. The van der Waals surface area contributed by atoms with Crippen LogP contribution in [0.5, 0.6) is 0 Å². The summed E-state index contributed by atoms with van der Waals surface area (Å²) in [5, 5.41) is 12.8. The summed E-state index contributed by atoms with van der Waals surface area (Å²) < 4.78 is 13.6. The topological polar surface area (TPSA) is 104 Å². The van der Waals surface area contributed by atoms with Crippen LogP contribution in [0.1, 0.15) is 52.9 Å². The van der Waals surface area contributed by atoms with Gasteiger partial charge in [-0.2, -0.15) is 4.98 Å². The van der Waals surface area contributed by atoms with E-state index in [1.165, 1.54) is 17.3 Å². The van der Waals surface area contributed by atoms with E-state index in [2.05, 4.69) is 48.4 Å². The second kappa shape index (κ2) is 8.88. The zero-order valence-electron chi connectivity index (χ0n) is 19.4. The second-order valence-corrected chi connectivity index (χ2v) is 9.69. The number of benzene rings is 1. The Hall–Kier alpha value is -3.59. The second-order valence-electron chi connectivity index (χ2n) is 9.69. The number of aromatic nitrogens is 3. The van der Waals surface area contributed by atoms with Crippen molar-refractivity contribution in [2.45, 2.75) is 50.1 Å². The van der Waals surface area contributed by atoms with Gasteiger partial charge in [0.25, 0.3) is 5.91 Å². The first-order valence-corrected chi connectivity index (χ1v) is 12.2. The van der Waals surface area contributed by atoms with Gasteiger partial charge < -0.3 is 21.3 Å². The molecule has 4 N–H and O–H groups in total. The normalized spacial score (nSPS) is 17.9. The van der Waals surface area contributed by atoms with Crippen molar-refractivity contribution >= 4 is 29.2 Å². The largest absolute Gasteiger partial charge is 0.349 e. The fourth-order valence-corrected chi connectivity index (χ4v) is 4.41. The van der Waals surface area contributed by atoms with Crippen LogP contribution in [0.3, 0.4) is 0 Å². The number of hydrogen-bond acceptors (Lipinski definition) is 7. The van der Waals surface area contributed by atoms with Crippen molar-refractivity contribution in [3.8, 4) is 0 Å². The van der Waals surface area contributed by atoms with Crippen molar-refractivity contribution in [1.29, 1.82) is 0 Å². The minimum Gasteiger partial charge on any atom is -0.349 e. The molecule has 0 spiro atoms. The van der Waals surface area contributed by atoms with Gasteiger partial charge in [-0.3, -0.25) is 9.18 Å². The molecule has 0 atom stereocenters. The maximum Gasteiger partial charge on any atom is 0.256 e. The molecule has 8 nitrogen and oxygen atoms in total. The highest BCUT2D eigenvalue weighted by Crippen LogP contribution is 2.47. The third-order valence-electron chi connectivity index (χ3n) is 6.94. The van der Waals surface area contributed by atoms with E-state index < -0.39 is 12.1 Å². The molecule has 2 aromatic heterocycles. The molecule has 0 bridgehead atoms. The van der Waals surface area contributed by atoms with Gasteiger partial charge in [0.05, 0.1) is 5.69 Å². The van der Waals surface area contributed by atoms with Gasteiger partial charge in [-0.1, -0.05) is 12.1 Å². The molecule has 2 fully saturated rings. The number of anilines is 4. The van der Waals surface area contributed by atoms with Crippen molar-refractivity contribution in [1.82, 2.24) is 25.6 Å². The molecule has 1 amide bonds. The number of nitrogens with one attached hydrogen (secondary N) is 4. The Morgan fingerprint density at radius 1 is 1.11 bits per heavy atom. The number of pyridine rings is 1. The highest BCUT2D eigenvalue weighted by Gasteiger charge is 2.46. The average Bonchev–Trinajstić information content (AvgIpc) is 3.81. The van der Waals surface area contributed by atoms with Crippen LogP contribution >= 0.6 is 0 Å². The van der Waals surface area contributed by atoms with Gasteiger partial charge >= 0.3 is 0 Å². The maximum atomic E-state index is 13.6. The van der Waals surface area contributed by atoms with Crippen LogP contribution in [0.25, 0.3) is 0 Å². The first kappa shape index (κ1) is 21.9. The van der Waals surface area contributed by atoms with E-state index in [0.717, 1.165) is 56.6 Å². The highest BCUT2D eigenvalue weighted by atomic mass is 19.1. The smallest absolute Gasteiger partial charge is 0.256 e. The predicted molar refractivity (Wildman–Crippen MR) is 132 cm³/mol. The number of amides is 1. The average molecular weight is 474 g/mol. The molecule has 35 heavy (non-hydrogen) atoms. The van der Waals surface area contributed by atoms with Gasteiger partial charge in [0.1, 0.15) is 23.9 Å². The lowest BCUT2D eigenvalue weighted by molar-refractivity contribution is 0.0951. The molecule has 3 aliphatic rings. The Labute approximate surface area is 203 Å². The van der Waals surface area contributed by atoms with Gasteiger partial charge in [-0.25, -0.2) is 9.97 Å². The molecule has 6 rings (SSSR count). The van der Waals surface area contributed by atoms with Gasteiger partial charge in [-0.05, 0) is 74.0 Å². The lowest BCUT2D eigenvalue weighted by atomic mass is 10.0. The van der Waals surface area contributed by atoms with E-state index in [0.29, 0.717) is 23.1 Å². The molecule has 9 heteroatoms. The van der Waals surface area contributed by atoms with Crippen molar-refractivity contribution in [2.75, 3.05) is 23.9 Å². The summed E-state index contributed by atoms with van der Waals surface area (Å²) in [6.45, 7) is 1.40. The molecule has 0 unspecified atom stereocenters. The minimum atomic E-state index is -0.469. The molecule has 180 valence electrons. The van der Waals surface area contributed by atoms with E-state index in [1.54, 1.807) is 6.07 Å². The summed E-state index contributed by atoms with van der Waals surface area (Å²) in [6, 6.07) is 12.0. The van der Waals surface area contributed by atoms with E-state index in [-0.39, 0.29) is 11.9 Å². The maximum absolute atomic E-state index is 13.6. The lowest BCUT2D eigenvalue weighted by Gasteiger charge is -2.18. The predicted octanol–water partition coefficient (Wildman–Crippen LogP) is 3.90. The van der Waals surface area contributed by atoms with Crippen molar-refractivity contribution in [2.24, 2.45) is 0 Å². The third kappa shape index (κ3) is 4.68. The summed E-state index contributed by atoms with van der Waals surface area (Å²) in [5.74, 6) is 1.03. The van der Waals surface area contributed by atoms with Crippen LogP contribution in [0.15, 0.2) is 42.6 Å². The SMILES string of the molecule is O=C(NC1CC1)c1cnc(Nc2ccc3c(c2)CNCC3)nc1Nc1cccc(C2(CF)CC2)n1. The molecule has 2 saturated carbocycles. The minimum absolute atomic E-state index is 0.206. The standard InChI is InChI=1S/C26H28FN7O/c27-15-26(9-10-26)21-2-1-3-22(32-21)33-23-20(24(35)30-18-6-7-18)14-29-25(34-23)31-19-5-4-16-8-11-28-13-17(16)12-19/h1-5,12,14,18,28H,6-11,13,15H2,(H,30,35)(H2,29,31,32,33,34). The van der Waals surface area contributed by atoms with Crippen LogP contribution in [0.4, 0.5) is 27.7 Å². The number of halogens is 1. The monoisotopic (exact) mass is 473 g/mol. The molecule has 3 aromatic rings. The molecular formula is C26H28FN7O. The van der Waals surface area contributed by atoms with E-state index in [1.807, 2.05) is 18.2 Å². The molecule has 1 aliphatic heterocycles. The van der Waals surface area contributed by atoms with Crippen LogP contribution in [0, 0.1) is 0 Å². The summed E-state index contributed by atoms with van der Waals surface area (Å²) in [7, 11) is 0.